The van der Waals surface area contributed by atoms with Crippen LogP contribution < -0.4 is 20.9 Å². The van der Waals surface area contributed by atoms with E-state index in [9.17, 15) is 36.3 Å². The minimum absolute atomic E-state index is 0.0425. The lowest BCUT2D eigenvalue weighted by Gasteiger charge is -2.18. The van der Waals surface area contributed by atoms with E-state index in [2.05, 4.69) is 0 Å². The Labute approximate surface area is 230 Å². The Balaban J connectivity index is 1.47. The van der Waals surface area contributed by atoms with E-state index in [1.807, 2.05) is 0 Å². The van der Waals surface area contributed by atoms with Gasteiger partial charge in [0, 0.05) is 29.4 Å². The highest BCUT2D eigenvalue weighted by Crippen LogP contribution is 2.38. The van der Waals surface area contributed by atoms with Crippen molar-refractivity contribution in [2.75, 3.05) is 11.5 Å². The van der Waals surface area contributed by atoms with Gasteiger partial charge in [0.1, 0.15) is 18.1 Å². The molecule has 216 valence electrons. The van der Waals surface area contributed by atoms with Crippen molar-refractivity contribution >= 4 is 35.4 Å². The quantitative estimate of drug-likeness (QED) is 0.103. The van der Waals surface area contributed by atoms with Gasteiger partial charge in [0.05, 0.1) is 12.0 Å². The third-order valence-corrected chi connectivity index (χ3v) is 5.42. The number of esters is 3. The normalized spacial score (nSPS) is 11.7. The van der Waals surface area contributed by atoms with Crippen molar-refractivity contribution in [3.63, 3.8) is 0 Å². The number of nitrogen functional groups attached to an aromatic ring is 2. The molecule has 0 bridgehead atoms. The fourth-order valence-electron chi connectivity index (χ4n) is 3.17. The summed E-state index contributed by atoms with van der Waals surface area (Å²) < 4.78 is 77.6. The molecule has 0 saturated heterocycles. The third kappa shape index (κ3) is 9.05. The van der Waals surface area contributed by atoms with Crippen LogP contribution in [-0.4, -0.2) is 30.0 Å². The molecule has 0 aliphatic rings. The van der Waals surface area contributed by atoms with E-state index in [4.69, 9.17) is 25.7 Å². The molecule has 0 aliphatic heterocycles. The van der Waals surface area contributed by atoms with Crippen LogP contribution in [0.3, 0.4) is 0 Å². The number of carbonyl (C=O) groups excluding carboxylic acids is 3. The zero-order valence-corrected chi connectivity index (χ0v) is 21.1. The van der Waals surface area contributed by atoms with Crippen LogP contribution in [0.5, 0.6) is 11.5 Å². The summed E-state index contributed by atoms with van der Waals surface area (Å²) in [5, 5.41) is 0. The topological polar surface area (TPSA) is 131 Å². The second-order valence-electron chi connectivity index (χ2n) is 8.56. The Morgan fingerprint density at radius 2 is 1.41 bits per heavy atom. The maximum absolute atomic E-state index is 12.9. The van der Waals surface area contributed by atoms with Crippen LogP contribution in [0.25, 0.3) is 6.08 Å². The van der Waals surface area contributed by atoms with Crippen LogP contribution in [0.1, 0.15) is 34.3 Å². The molecule has 13 heteroatoms. The monoisotopic (exact) mass is 578 g/mol. The van der Waals surface area contributed by atoms with Crippen LogP contribution >= 0.6 is 0 Å². The molecule has 0 radical (unpaired) electrons. The van der Waals surface area contributed by atoms with E-state index in [1.165, 1.54) is 36.4 Å². The molecule has 0 spiro atoms. The number of carbonyl (C=O) groups is 3. The van der Waals surface area contributed by atoms with E-state index in [0.717, 1.165) is 12.1 Å². The molecule has 4 N–H and O–H groups in total. The average molecular weight is 578 g/mol. The number of hydrogen-bond acceptors (Lipinski definition) is 8. The largest absolute Gasteiger partial charge is 0.458 e. The van der Waals surface area contributed by atoms with Crippen molar-refractivity contribution in [2.24, 2.45) is 0 Å². The smallest absolute Gasteiger partial charge is 0.453 e. The van der Waals surface area contributed by atoms with Gasteiger partial charge in [-0.05, 0) is 66.2 Å². The average Bonchev–Trinajstić information content (AvgIpc) is 2.92. The molecule has 0 amide bonds. The van der Waals surface area contributed by atoms with Crippen molar-refractivity contribution in [2.45, 2.75) is 31.5 Å². The van der Waals surface area contributed by atoms with Crippen LogP contribution in [0.15, 0.2) is 72.8 Å². The highest BCUT2D eigenvalue weighted by Gasteiger charge is 2.57. The fourth-order valence-corrected chi connectivity index (χ4v) is 3.17. The van der Waals surface area contributed by atoms with Crippen molar-refractivity contribution in [1.29, 1.82) is 0 Å². The summed E-state index contributed by atoms with van der Waals surface area (Å²) in [5.74, 6) is -7.69. The Hall–Kier alpha value is -4.94. The number of rotatable bonds is 10. The zero-order valence-electron chi connectivity index (χ0n) is 21.1. The first-order valence-electron chi connectivity index (χ1n) is 11.8. The van der Waals surface area contributed by atoms with Crippen LogP contribution in [-0.2, 0) is 20.9 Å². The zero-order chi connectivity index (χ0) is 30.2. The third-order valence-electron chi connectivity index (χ3n) is 5.42. The fraction of sp³-hybridized carbons (Fsp3) is 0.179. The first-order chi connectivity index (χ1) is 19.2. The Morgan fingerprint density at radius 3 is 2.05 bits per heavy atom. The Kier molecular flexibility index (Phi) is 9.66. The van der Waals surface area contributed by atoms with Crippen LogP contribution in [0, 0.1) is 0 Å². The van der Waals surface area contributed by atoms with E-state index in [0.29, 0.717) is 22.5 Å². The summed E-state index contributed by atoms with van der Waals surface area (Å²) >= 11 is 0. The minimum atomic E-state index is -5.77. The summed E-state index contributed by atoms with van der Waals surface area (Å²) in [5.41, 5.74) is 13.6. The summed E-state index contributed by atoms with van der Waals surface area (Å²) in [7, 11) is 0. The van der Waals surface area contributed by atoms with Crippen molar-refractivity contribution in [1.82, 2.24) is 0 Å². The molecule has 3 rings (SSSR count). The van der Waals surface area contributed by atoms with Gasteiger partial charge in [0.2, 0.25) is 0 Å². The van der Waals surface area contributed by atoms with E-state index >= 15 is 0 Å². The molecule has 0 atom stereocenters. The molecule has 0 heterocycles. The van der Waals surface area contributed by atoms with Crippen LogP contribution in [0.2, 0.25) is 0 Å². The van der Waals surface area contributed by atoms with Gasteiger partial charge in [-0.25, -0.2) is 9.59 Å². The highest BCUT2D eigenvalue weighted by molar-refractivity contribution is 5.91. The van der Waals surface area contributed by atoms with Gasteiger partial charge in [-0.3, -0.25) is 4.79 Å². The molecule has 41 heavy (non-hydrogen) atoms. The van der Waals surface area contributed by atoms with Gasteiger partial charge >= 0.3 is 30.0 Å². The predicted octanol–water partition coefficient (Wildman–Crippen LogP) is 5.71. The van der Waals surface area contributed by atoms with Gasteiger partial charge < -0.3 is 25.7 Å². The molecular formula is C28H23F5N2O6. The molecular weight excluding hydrogens is 555 g/mol. The number of anilines is 2. The summed E-state index contributed by atoms with van der Waals surface area (Å²) in [4.78, 5) is 36.0. The highest BCUT2D eigenvalue weighted by atomic mass is 19.4. The molecule has 0 aromatic heterocycles. The molecule has 8 nitrogen and oxygen atoms in total. The lowest BCUT2D eigenvalue weighted by Crippen LogP contribution is -2.37. The number of nitrogens with two attached hydrogens (primary N) is 2. The lowest BCUT2D eigenvalue weighted by molar-refractivity contribution is -0.284. The van der Waals surface area contributed by atoms with Crippen molar-refractivity contribution in [3.05, 3.63) is 89.5 Å². The van der Waals surface area contributed by atoms with Gasteiger partial charge in [-0.1, -0.05) is 12.1 Å². The Bertz CT molecular complexity index is 1420. The number of halogens is 5. The number of benzene rings is 3. The minimum Gasteiger partial charge on any atom is -0.458 e. The molecule has 3 aromatic rings. The summed E-state index contributed by atoms with van der Waals surface area (Å²) in [6.07, 6.45) is -5.99. The summed E-state index contributed by atoms with van der Waals surface area (Å²) in [6.45, 7) is -0.0563. The molecule has 0 unspecified atom stereocenters. The maximum atomic E-state index is 12.9. The molecule has 0 fully saturated rings. The van der Waals surface area contributed by atoms with Gasteiger partial charge in [0.15, 0.2) is 0 Å². The SMILES string of the molecule is Nc1ccc(N)c(COC(=O)/C=C/c2ccc(OC(=O)c3ccc(OC(=O)CCC(F)(F)C(F)(F)F)cc3)cc2)c1. The number of ether oxygens (including phenoxy) is 3. The first kappa shape index (κ1) is 30.6. The predicted molar refractivity (Wildman–Crippen MR) is 138 cm³/mol. The second kappa shape index (κ2) is 12.9. The first-order valence-corrected chi connectivity index (χ1v) is 11.8. The van der Waals surface area contributed by atoms with E-state index in [1.54, 1.807) is 30.3 Å². The maximum Gasteiger partial charge on any atom is 0.453 e. The summed E-state index contributed by atoms with van der Waals surface area (Å²) in [6, 6.07) is 15.7. The van der Waals surface area contributed by atoms with Gasteiger partial charge in [-0.15, -0.1) is 0 Å². The number of alkyl halides is 5. The van der Waals surface area contributed by atoms with Gasteiger partial charge in [0.25, 0.3) is 0 Å². The molecule has 3 aromatic carbocycles. The van der Waals surface area contributed by atoms with Crippen molar-refractivity contribution in [3.8, 4) is 11.5 Å². The lowest BCUT2D eigenvalue weighted by atomic mass is 10.1. The van der Waals surface area contributed by atoms with Crippen LogP contribution in [0.4, 0.5) is 33.3 Å². The standard InChI is InChI=1S/C28H23F5N2O6/c29-27(30,28(31,32)33)14-13-25(37)40-21-9-4-18(5-10-21)26(38)41-22-7-1-17(2-8-22)3-12-24(36)39-16-19-15-20(34)6-11-23(19)35/h1-12,15H,13-14,16,34-35H2/b12-3+. The number of hydrogen-bond donors (Lipinski definition) is 2. The van der Waals surface area contributed by atoms with E-state index < -0.39 is 42.8 Å². The molecule has 0 saturated carbocycles. The van der Waals surface area contributed by atoms with E-state index in [-0.39, 0.29) is 23.7 Å². The Morgan fingerprint density at radius 1 is 0.805 bits per heavy atom. The molecule has 0 aliphatic carbocycles. The van der Waals surface area contributed by atoms with Gasteiger partial charge in [-0.2, -0.15) is 22.0 Å². The second-order valence-corrected chi connectivity index (χ2v) is 8.56. The van der Waals surface area contributed by atoms with Crippen molar-refractivity contribution < 1.29 is 50.5 Å².